The maximum atomic E-state index is 5.38. The molecule has 0 aromatic heterocycles. The zero-order valence-electron chi connectivity index (χ0n) is 15.4. The number of oxime groups is 1. The molecule has 0 aliphatic carbocycles. The minimum Gasteiger partial charge on any atom is -0.385 e. The summed E-state index contributed by atoms with van der Waals surface area (Å²) in [5.74, 6) is 0. The number of aliphatic imine (C=N–C) groups is 2. The van der Waals surface area contributed by atoms with Gasteiger partial charge in [-0.2, -0.15) is 0 Å². The molecule has 1 unspecified atom stereocenters. The van der Waals surface area contributed by atoms with Crippen LogP contribution in [0.3, 0.4) is 0 Å². The summed E-state index contributed by atoms with van der Waals surface area (Å²) in [4.78, 5) is 13.6. The molecule has 1 aliphatic heterocycles. The molecule has 128 valence electrons. The Hall–Kier alpha value is -2.23. The second kappa shape index (κ2) is 16.1. The van der Waals surface area contributed by atoms with Crippen LogP contribution in [0.2, 0.25) is 0 Å². The largest absolute Gasteiger partial charge is 0.385 e. The van der Waals surface area contributed by atoms with Crippen molar-refractivity contribution in [3.8, 4) is 0 Å². The molecule has 1 aliphatic rings. The minimum atomic E-state index is -0.184. The van der Waals surface area contributed by atoms with E-state index in [2.05, 4.69) is 28.3 Å². The Bertz CT molecular complexity index is 483. The lowest BCUT2D eigenvalue weighted by Gasteiger charge is -2.07. The Labute approximate surface area is 141 Å². The van der Waals surface area contributed by atoms with Crippen molar-refractivity contribution in [2.45, 2.75) is 54.1 Å². The highest BCUT2D eigenvalue weighted by atomic mass is 16.6. The van der Waals surface area contributed by atoms with Gasteiger partial charge in [-0.3, -0.25) is 9.98 Å². The van der Waals surface area contributed by atoms with E-state index in [9.17, 15) is 0 Å². The molecule has 1 rings (SSSR count). The Kier molecular flexibility index (Phi) is 16.2. The van der Waals surface area contributed by atoms with Crippen LogP contribution in [0.5, 0.6) is 0 Å². The van der Waals surface area contributed by atoms with Crippen LogP contribution < -0.4 is 0 Å². The number of allylic oxidation sites excluding steroid dienone is 3. The van der Waals surface area contributed by atoms with Crippen LogP contribution in [0.4, 0.5) is 0 Å². The van der Waals surface area contributed by atoms with Gasteiger partial charge in [0.2, 0.25) is 0 Å². The fraction of sp³-hybridized carbons (Fsp3) is 0.421. The summed E-state index contributed by atoms with van der Waals surface area (Å²) in [6.07, 6.45) is 11.0. The summed E-state index contributed by atoms with van der Waals surface area (Å²) in [6, 6.07) is 0. The highest BCUT2D eigenvalue weighted by Gasteiger charge is 2.25. The van der Waals surface area contributed by atoms with Gasteiger partial charge in [-0.15, -0.1) is 0 Å². The van der Waals surface area contributed by atoms with Gasteiger partial charge in [0, 0.05) is 30.6 Å². The number of hydrogen-bond donors (Lipinski definition) is 0. The van der Waals surface area contributed by atoms with Crippen molar-refractivity contribution in [2.75, 3.05) is 0 Å². The zero-order chi connectivity index (χ0) is 18.1. The summed E-state index contributed by atoms with van der Waals surface area (Å²) >= 11 is 0. The average Bonchev–Trinajstić information content (AvgIpc) is 3.08. The first-order valence-corrected chi connectivity index (χ1v) is 8.10. The third kappa shape index (κ3) is 9.40. The van der Waals surface area contributed by atoms with Crippen molar-refractivity contribution in [2.24, 2.45) is 15.1 Å². The van der Waals surface area contributed by atoms with E-state index in [0.29, 0.717) is 6.42 Å². The molecule has 0 N–H and O–H groups in total. The average molecular weight is 317 g/mol. The molecule has 0 aromatic rings. The van der Waals surface area contributed by atoms with E-state index in [4.69, 9.17) is 4.84 Å². The summed E-state index contributed by atoms with van der Waals surface area (Å²) < 4.78 is 0. The predicted molar refractivity (Wildman–Crippen MR) is 105 cm³/mol. The van der Waals surface area contributed by atoms with E-state index in [1.165, 1.54) is 6.20 Å². The Morgan fingerprint density at radius 1 is 1.22 bits per heavy atom. The summed E-state index contributed by atoms with van der Waals surface area (Å²) in [7, 11) is 0. The van der Waals surface area contributed by atoms with E-state index in [-0.39, 0.29) is 6.10 Å². The van der Waals surface area contributed by atoms with Crippen molar-refractivity contribution in [3.05, 3.63) is 49.4 Å². The van der Waals surface area contributed by atoms with Gasteiger partial charge in [-0.1, -0.05) is 58.2 Å². The highest BCUT2D eigenvalue weighted by Crippen LogP contribution is 2.17. The molecule has 0 fully saturated rings. The lowest BCUT2D eigenvalue weighted by molar-refractivity contribution is 0.133. The van der Waals surface area contributed by atoms with Crippen molar-refractivity contribution >= 4 is 17.6 Å². The molecular weight excluding hydrogens is 286 g/mol. The van der Waals surface area contributed by atoms with Gasteiger partial charge in [-0.25, -0.2) is 0 Å². The summed E-state index contributed by atoms with van der Waals surface area (Å²) in [6.45, 7) is 19.4. The molecule has 0 bridgehead atoms. The molecule has 1 atom stereocenters. The van der Waals surface area contributed by atoms with Crippen molar-refractivity contribution in [3.63, 3.8) is 0 Å². The maximum absolute atomic E-state index is 5.38. The topological polar surface area (TPSA) is 46.3 Å². The van der Waals surface area contributed by atoms with Crippen molar-refractivity contribution in [1.82, 2.24) is 0 Å². The SMILES string of the molecule is C=CN=C(/C=C\C)C1CC(C(=C)C=N/C=C\C)=NO1.CC.CC. The molecule has 0 spiro atoms. The van der Waals surface area contributed by atoms with Gasteiger partial charge >= 0.3 is 0 Å². The first-order chi connectivity index (χ1) is 11.2. The minimum absolute atomic E-state index is 0.184. The van der Waals surface area contributed by atoms with E-state index in [1.807, 2.05) is 59.8 Å². The van der Waals surface area contributed by atoms with Gasteiger partial charge in [0.15, 0.2) is 6.10 Å². The molecule has 0 saturated carbocycles. The zero-order valence-corrected chi connectivity index (χ0v) is 15.4. The fourth-order valence-corrected chi connectivity index (χ4v) is 1.53. The van der Waals surface area contributed by atoms with Crippen molar-refractivity contribution < 1.29 is 4.84 Å². The fourth-order valence-electron chi connectivity index (χ4n) is 1.53. The number of nitrogens with zero attached hydrogens (tertiary/aromatic N) is 3. The molecule has 1 heterocycles. The molecular formula is C19H31N3O. The van der Waals surface area contributed by atoms with Gasteiger partial charge < -0.3 is 4.84 Å². The van der Waals surface area contributed by atoms with E-state index in [1.54, 1.807) is 12.4 Å². The number of hydrogen-bond acceptors (Lipinski definition) is 4. The van der Waals surface area contributed by atoms with Gasteiger partial charge in [-0.05, 0) is 19.9 Å². The Balaban J connectivity index is 0. The summed E-state index contributed by atoms with van der Waals surface area (Å²) in [5, 5.41) is 4.03. The Morgan fingerprint density at radius 3 is 2.39 bits per heavy atom. The molecule has 0 saturated heterocycles. The van der Waals surface area contributed by atoms with Crippen LogP contribution in [0.25, 0.3) is 0 Å². The van der Waals surface area contributed by atoms with E-state index in [0.717, 1.165) is 17.0 Å². The van der Waals surface area contributed by atoms with Crippen LogP contribution in [0.15, 0.2) is 64.5 Å². The quantitative estimate of drug-likeness (QED) is 0.596. The lowest BCUT2D eigenvalue weighted by Crippen LogP contribution is -2.19. The monoisotopic (exact) mass is 317 g/mol. The van der Waals surface area contributed by atoms with Crippen molar-refractivity contribution in [1.29, 1.82) is 0 Å². The molecule has 0 amide bonds. The molecule has 23 heavy (non-hydrogen) atoms. The lowest BCUT2D eigenvalue weighted by atomic mass is 10.0. The highest BCUT2D eigenvalue weighted by molar-refractivity contribution is 6.18. The van der Waals surface area contributed by atoms with Gasteiger partial charge in [0.25, 0.3) is 0 Å². The summed E-state index contributed by atoms with van der Waals surface area (Å²) in [5.41, 5.74) is 2.34. The second-order valence-electron chi connectivity index (χ2n) is 3.86. The third-order valence-corrected chi connectivity index (χ3v) is 2.41. The molecule has 4 heteroatoms. The standard InChI is InChI=1S/C15H19N3O.2C2H6/c1-5-8-13(17-7-3)15-10-14(18-19-15)12(4)11-16-9-6-2;2*1-2/h5-9,11,15H,3-4,10H2,1-2H3;2*1-2H3/b8-5-,9-6-,16-11?,17-13?;;. The second-order valence-corrected chi connectivity index (χ2v) is 3.86. The van der Waals surface area contributed by atoms with Crippen LogP contribution in [-0.2, 0) is 4.84 Å². The van der Waals surface area contributed by atoms with Crippen LogP contribution in [0.1, 0.15) is 48.0 Å². The van der Waals surface area contributed by atoms with Crippen LogP contribution in [-0.4, -0.2) is 23.7 Å². The predicted octanol–water partition coefficient (Wildman–Crippen LogP) is 5.50. The van der Waals surface area contributed by atoms with Gasteiger partial charge in [0.05, 0.1) is 11.4 Å². The maximum Gasteiger partial charge on any atom is 0.174 e. The molecule has 0 aromatic carbocycles. The van der Waals surface area contributed by atoms with Crippen LogP contribution >= 0.6 is 0 Å². The van der Waals surface area contributed by atoms with Crippen LogP contribution in [0, 0.1) is 0 Å². The Morgan fingerprint density at radius 2 is 1.87 bits per heavy atom. The van der Waals surface area contributed by atoms with E-state index < -0.39 is 0 Å². The van der Waals surface area contributed by atoms with Gasteiger partial charge in [0.1, 0.15) is 0 Å². The smallest absolute Gasteiger partial charge is 0.174 e. The first kappa shape index (κ1) is 23.0. The normalized spacial score (nSPS) is 17.2. The third-order valence-electron chi connectivity index (χ3n) is 2.41. The molecule has 4 nitrogen and oxygen atoms in total. The molecule has 0 radical (unpaired) electrons. The number of rotatable bonds is 6. The van der Waals surface area contributed by atoms with E-state index >= 15 is 0 Å². The first-order valence-electron chi connectivity index (χ1n) is 8.10.